The number of hydrogen-bond acceptors (Lipinski definition) is 20. The Kier molecular flexibility index (Phi) is 39.2. The van der Waals surface area contributed by atoms with Crippen molar-refractivity contribution in [3.63, 3.8) is 0 Å². The van der Waals surface area contributed by atoms with Gasteiger partial charge in [-0.1, -0.05) is 184 Å². The number of ether oxygens (including phenoxy) is 7. The molecule has 28 nitrogen and oxygen atoms in total. The van der Waals surface area contributed by atoms with Crippen LogP contribution in [0.1, 0.15) is 106 Å². The number of esters is 4. The number of benzene rings is 6. The molecule has 0 radical (unpaired) electrons. The van der Waals surface area contributed by atoms with E-state index in [1.807, 2.05) is 50.2 Å². The van der Waals surface area contributed by atoms with Gasteiger partial charge in [0.15, 0.2) is 0 Å². The lowest BCUT2D eigenvalue weighted by Gasteiger charge is -2.24. The van der Waals surface area contributed by atoms with Crippen LogP contribution in [0.25, 0.3) is 0 Å². The molecule has 108 heavy (non-hydrogen) atoms. The summed E-state index contributed by atoms with van der Waals surface area (Å²) in [5, 5.41) is 24.2. The lowest BCUT2D eigenvalue weighted by atomic mass is 10.0. The van der Waals surface area contributed by atoms with Gasteiger partial charge in [-0.15, -0.1) is 0 Å². The first kappa shape index (κ1) is 85.6. The van der Waals surface area contributed by atoms with E-state index in [0.717, 1.165) is 11.1 Å². The van der Waals surface area contributed by atoms with Gasteiger partial charge in [0.25, 0.3) is 0 Å². The van der Waals surface area contributed by atoms with Crippen molar-refractivity contribution >= 4 is 71.3 Å². The Morgan fingerprint density at radius 1 is 0.361 bits per heavy atom. The van der Waals surface area contributed by atoms with Gasteiger partial charge >= 0.3 is 30.0 Å². The summed E-state index contributed by atoms with van der Waals surface area (Å²) in [7, 11) is 1.65. The average Bonchev–Trinajstić information content (AvgIpc) is 0.879. The predicted molar refractivity (Wildman–Crippen MR) is 397 cm³/mol. The molecule has 6 aromatic carbocycles. The number of likely N-dealkylation sites (N-methyl/N-ethyl adjacent to an activating group) is 1. The van der Waals surface area contributed by atoms with Crippen molar-refractivity contribution in [1.29, 1.82) is 0 Å². The molecule has 0 aromatic heterocycles. The Labute approximate surface area is 628 Å². The number of rotatable bonds is 49. The standard InChI is InChI=1S/C80H99N9O19/c1-56(2)48-68(89-77(98)67(81-3)49-57-24-10-4-11-25-57)75(96)84-50-70(91)85-63(36-22-23-43-83-80(101)108-62-34-20-9-21-35-62)74(95)82-44-45-102-46-47-103-55-71(92)86-64(76(97)88-66(79(100)107-54-61-32-18-8-19-33-61)39-42-73(94)105-52-59-28-14-6-15-29-59)37-40-69(90)87-65(78(99)106-53-60-30-16-7-17-31-60)38-41-72(93)104-51-58-26-12-5-13-27-58/h4-21,24-35,56,63-68,81H,22-23,36-55H2,1-3H3,(H,82,95)(H,83,101)(H,84,96)(H,85,91)(H,86,92)(H,87,90)(H,88,97)(H,89,98). The van der Waals surface area contributed by atoms with Crippen LogP contribution in [0.5, 0.6) is 5.75 Å². The zero-order chi connectivity index (χ0) is 77.5. The molecule has 578 valence electrons. The predicted octanol–water partition coefficient (Wildman–Crippen LogP) is 5.83. The lowest BCUT2D eigenvalue weighted by Crippen LogP contribution is -2.55. The summed E-state index contributed by atoms with van der Waals surface area (Å²) in [5.74, 6) is -7.66. The van der Waals surface area contributed by atoms with Gasteiger partial charge in [-0.3, -0.25) is 43.2 Å². The van der Waals surface area contributed by atoms with E-state index in [9.17, 15) is 57.5 Å². The minimum Gasteiger partial charge on any atom is -0.461 e. The quantitative estimate of drug-likeness (QED) is 0.0123. The number of amides is 8. The molecule has 6 unspecified atom stereocenters. The van der Waals surface area contributed by atoms with Crippen molar-refractivity contribution in [3.05, 3.63) is 210 Å². The summed E-state index contributed by atoms with van der Waals surface area (Å²) in [4.78, 5) is 162. The van der Waals surface area contributed by atoms with Gasteiger partial charge in [0, 0.05) is 32.4 Å². The zero-order valence-electron chi connectivity index (χ0n) is 61.2. The van der Waals surface area contributed by atoms with Crippen LogP contribution in [0.2, 0.25) is 0 Å². The fraction of sp³-hybridized carbons (Fsp3) is 0.400. The number of nitrogens with one attached hydrogen (secondary N) is 9. The Morgan fingerprint density at radius 2 is 0.787 bits per heavy atom. The van der Waals surface area contributed by atoms with Gasteiger partial charge in [0.05, 0.1) is 32.4 Å². The molecule has 0 aliphatic heterocycles. The average molecular weight is 1490 g/mol. The third kappa shape index (κ3) is 35.2. The summed E-state index contributed by atoms with van der Waals surface area (Å²) in [6.07, 6.45) is -1.31. The summed E-state index contributed by atoms with van der Waals surface area (Å²) in [6.45, 7) is 1.95. The van der Waals surface area contributed by atoms with Gasteiger partial charge < -0.3 is 81.0 Å². The fourth-order valence-electron chi connectivity index (χ4n) is 10.6. The van der Waals surface area contributed by atoms with Crippen molar-refractivity contribution in [3.8, 4) is 5.75 Å². The number of carbonyl (C=O) groups excluding carboxylic acids is 12. The van der Waals surface area contributed by atoms with Crippen LogP contribution in [0.4, 0.5) is 4.79 Å². The van der Waals surface area contributed by atoms with E-state index in [1.54, 1.807) is 153 Å². The Morgan fingerprint density at radius 3 is 1.31 bits per heavy atom. The van der Waals surface area contributed by atoms with Crippen molar-refractivity contribution in [2.24, 2.45) is 5.92 Å². The zero-order valence-corrected chi connectivity index (χ0v) is 61.2. The number of carbonyl (C=O) groups is 12. The summed E-state index contributed by atoms with van der Waals surface area (Å²) >= 11 is 0. The first-order valence-electron chi connectivity index (χ1n) is 36.0. The maximum absolute atomic E-state index is 14.4. The van der Waals surface area contributed by atoms with Crippen LogP contribution in [0, 0.1) is 5.92 Å². The van der Waals surface area contributed by atoms with E-state index >= 15 is 0 Å². The van der Waals surface area contributed by atoms with Crippen LogP contribution in [-0.2, 0) is 114 Å². The van der Waals surface area contributed by atoms with Gasteiger partial charge in [-0.05, 0) is 104 Å². The van der Waals surface area contributed by atoms with E-state index in [-0.39, 0.29) is 104 Å². The molecule has 8 amide bonds. The molecule has 6 rings (SSSR count). The van der Waals surface area contributed by atoms with E-state index in [0.29, 0.717) is 41.7 Å². The van der Waals surface area contributed by atoms with E-state index in [2.05, 4.69) is 47.9 Å². The first-order valence-corrected chi connectivity index (χ1v) is 36.0. The van der Waals surface area contributed by atoms with E-state index in [4.69, 9.17) is 33.2 Å². The highest BCUT2D eigenvalue weighted by molar-refractivity contribution is 5.94. The van der Waals surface area contributed by atoms with Gasteiger partial charge in [0.2, 0.25) is 41.4 Å². The molecule has 6 atom stereocenters. The molecule has 0 bridgehead atoms. The number of unbranched alkanes of at least 4 members (excludes halogenated alkanes) is 1. The minimum absolute atomic E-state index is 0.0145. The van der Waals surface area contributed by atoms with Gasteiger partial charge in [0.1, 0.15) is 69.0 Å². The third-order valence-electron chi connectivity index (χ3n) is 16.4. The summed E-state index contributed by atoms with van der Waals surface area (Å²) in [5.41, 5.74) is 3.63. The molecule has 28 heteroatoms. The molecule has 0 aliphatic carbocycles. The topological polar surface area (TPSA) is 378 Å². The molecule has 6 aromatic rings. The maximum Gasteiger partial charge on any atom is 0.412 e. The van der Waals surface area contributed by atoms with Crippen LogP contribution in [0.15, 0.2) is 182 Å². The number of hydrogen-bond donors (Lipinski definition) is 9. The van der Waals surface area contributed by atoms with E-state index in [1.165, 1.54) is 0 Å². The molecule has 0 saturated heterocycles. The highest BCUT2D eigenvalue weighted by Gasteiger charge is 2.32. The second-order valence-electron chi connectivity index (χ2n) is 25.5. The number of para-hydroxylation sites is 1. The smallest absolute Gasteiger partial charge is 0.412 e. The highest BCUT2D eigenvalue weighted by atomic mass is 16.6. The molecule has 9 N–H and O–H groups in total. The van der Waals surface area contributed by atoms with E-state index < -0.39 is 134 Å². The van der Waals surface area contributed by atoms with Crippen molar-refractivity contribution in [2.75, 3.05) is 53.1 Å². The molecule has 0 aliphatic rings. The Hall–Kier alpha value is -11.4. The van der Waals surface area contributed by atoms with Crippen LogP contribution in [0.3, 0.4) is 0 Å². The van der Waals surface area contributed by atoms with Gasteiger partial charge in [-0.2, -0.15) is 0 Å². The molecule has 0 heterocycles. The monoisotopic (exact) mass is 1490 g/mol. The lowest BCUT2D eigenvalue weighted by molar-refractivity contribution is -0.151. The van der Waals surface area contributed by atoms with Gasteiger partial charge in [-0.25, -0.2) is 14.4 Å². The highest BCUT2D eigenvalue weighted by Crippen LogP contribution is 2.15. The Balaban J connectivity index is 1.05. The van der Waals surface area contributed by atoms with Crippen molar-refractivity contribution < 1.29 is 90.7 Å². The third-order valence-corrected chi connectivity index (χ3v) is 16.4. The Bertz CT molecular complexity index is 3750. The van der Waals surface area contributed by atoms with Crippen LogP contribution in [-0.4, -0.2) is 161 Å². The molecular weight excluding hydrogens is 1390 g/mol. The second-order valence-corrected chi connectivity index (χ2v) is 25.5. The molecule has 0 spiro atoms. The van der Waals surface area contributed by atoms with Crippen LogP contribution >= 0.6 is 0 Å². The SMILES string of the molecule is CNC(Cc1ccccc1)C(=O)NC(CC(C)C)C(=O)NCC(=O)NC(CCCCNC(=O)Oc1ccccc1)C(=O)NCCOCCOCC(=O)NC(CCC(=O)NC(CCC(=O)OCc1ccccc1)C(=O)OCc1ccccc1)C(=O)NC(CCC(=O)OCc1ccccc1)C(=O)OCc1ccccc1. The molecular formula is C80H99N9O19. The van der Waals surface area contributed by atoms with Crippen molar-refractivity contribution in [2.45, 2.75) is 147 Å². The summed E-state index contributed by atoms with van der Waals surface area (Å²) in [6, 6.07) is 46.0. The molecule has 0 fully saturated rings. The minimum atomic E-state index is -1.56. The molecule has 0 saturated carbocycles. The second kappa shape index (κ2) is 49.4. The van der Waals surface area contributed by atoms with Crippen LogP contribution < -0.4 is 52.6 Å². The first-order chi connectivity index (χ1) is 52.3. The fourth-order valence-corrected chi connectivity index (χ4v) is 10.6. The maximum atomic E-state index is 14.4. The summed E-state index contributed by atoms with van der Waals surface area (Å²) < 4.78 is 38.6. The largest absolute Gasteiger partial charge is 0.461 e. The van der Waals surface area contributed by atoms with Crippen molar-refractivity contribution in [1.82, 2.24) is 47.9 Å². The normalized spacial score (nSPS) is 12.5.